The Hall–Kier alpha value is -2.22. The van der Waals surface area contributed by atoms with Gasteiger partial charge in [0.1, 0.15) is 5.82 Å². The Bertz CT molecular complexity index is 781. The van der Waals surface area contributed by atoms with E-state index in [-0.39, 0.29) is 5.41 Å². The van der Waals surface area contributed by atoms with Crippen LogP contribution in [-0.2, 0) is 5.41 Å². The largest absolute Gasteiger partial charge is 0.341 e. The first-order valence-corrected chi connectivity index (χ1v) is 6.65. The van der Waals surface area contributed by atoms with Crippen LogP contribution in [0.15, 0.2) is 48.5 Å². The number of H-pyrrole nitrogens is 1. The standard InChI is InChI=1S/C17H16N2/c1-17(2)12-8-4-6-10-14(12)19-16-15(17)11-7-3-5-9-13(11)18-16/h3-10,18-19H,1-2H3. The highest BCUT2D eigenvalue weighted by Gasteiger charge is 2.35. The highest BCUT2D eigenvalue weighted by molar-refractivity contribution is 5.94. The summed E-state index contributed by atoms with van der Waals surface area (Å²) in [4.78, 5) is 3.50. The maximum Gasteiger partial charge on any atom is 0.112 e. The molecule has 3 aromatic rings. The molecule has 0 radical (unpaired) electrons. The summed E-state index contributed by atoms with van der Waals surface area (Å²) in [5.41, 5.74) is 5.12. The molecular weight excluding hydrogens is 232 g/mol. The first kappa shape index (κ1) is 10.7. The average Bonchev–Trinajstić information content (AvgIpc) is 2.77. The van der Waals surface area contributed by atoms with Crippen LogP contribution < -0.4 is 5.32 Å². The van der Waals surface area contributed by atoms with E-state index in [0.717, 1.165) is 5.82 Å². The van der Waals surface area contributed by atoms with Crippen LogP contribution in [0.3, 0.4) is 0 Å². The second-order valence-electron chi connectivity index (χ2n) is 5.72. The van der Waals surface area contributed by atoms with Crippen LogP contribution in [0, 0.1) is 0 Å². The molecule has 0 saturated heterocycles. The highest BCUT2D eigenvalue weighted by atomic mass is 15.0. The van der Waals surface area contributed by atoms with Gasteiger partial charge in [-0.05, 0) is 17.7 Å². The fourth-order valence-corrected chi connectivity index (χ4v) is 3.29. The molecule has 4 rings (SSSR count). The topological polar surface area (TPSA) is 27.8 Å². The second-order valence-corrected chi connectivity index (χ2v) is 5.72. The van der Waals surface area contributed by atoms with E-state index in [4.69, 9.17) is 0 Å². The normalized spacial score (nSPS) is 15.7. The van der Waals surface area contributed by atoms with E-state index in [1.165, 1.54) is 27.7 Å². The summed E-state index contributed by atoms with van der Waals surface area (Å²) in [6, 6.07) is 17.1. The molecule has 2 heterocycles. The molecule has 0 bridgehead atoms. The molecule has 1 aliphatic rings. The van der Waals surface area contributed by atoms with Gasteiger partial charge in [0.05, 0.1) is 0 Å². The SMILES string of the molecule is CC1(C)c2ccccc2Nc2[nH]c3ccccc3c21. The average molecular weight is 248 g/mol. The zero-order valence-electron chi connectivity index (χ0n) is 11.1. The van der Waals surface area contributed by atoms with Crippen molar-refractivity contribution >= 4 is 22.4 Å². The fraction of sp³-hybridized carbons (Fsp3) is 0.176. The first-order chi connectivity index (χ1) is 9.18. The molecule has 2 N–H and O–H groups in total. The van der Waals surface area contributed by atoms with E-state index in [2.05, 4.69) is 72.7 Å². The van der Waals surface area contributed by atoms with Crippen LogP contribution in [0.1, 0.15) is 25.0 Å². The van der Waals surface area contributed by atoms with Crippen molar-refractivity contribution < 1.29 is 0 Å². The summed E-state index contributed by atoms with van der Waals surface area (Å²) >= 11 is 0. The third kappa shape index (κ3) is 1.31. The van der Waals surface area contributed by atoms with Crippen molar-refractivity contribution in [3.63, 3.8) is 0 Å². The molecule has 94 valence electrons. The van der Waals surface area contributed by atoms with Gasteiger partial charge < -0.3 is 10.3 Å². The van der Waals surface area contributed by atoms with Crippen molar-refractivity contribution in [2.45, 2.75) is 19.3 Å². The Balaban J connectivity index is 2.09. The summed E-state index contributed by atoms with van der Waals surface area (Å²) in [5.74, 6) is 1.13. The predicted octanol–water partition coefficient (Wildman–Crippen LogP) is 4.55. The molecule has 0 fully saturated rings. The molecular formula is C17H16N2. The summed E-state index contributed by atoms with van der Waals surface area (Å²) in [7, 11) is 0. The van der Waals surface area contributed by atoms with E-state index in [0.29, 0.717) is 0 Å². The van der Waals surface area contributed by atoms with Crippen molar-refractivity contribution in [3.05, 3.63) is 59.7 Å². The number of nitrogens with one attached hydrogen (secondary N) is 2. The Kier molecular flexibility index (Phi) is 1.92. The van der Waals surface area contributed by atoms with Gasteiger partial charge in [-0.1, -0.05) is 50.2 Å². The number of hydrogen-bond acceptors (Lipinski definition) is 1. The van der Waals surface area contributed by atoms with Gasteiger partial charge in [-0.3, -0.25) is 0 Å². The quantitative estimate of drug-likeness (QED) is 0.600. The summed E-state index contributed by atoms with van der Waals surface area (Å²) in [5, 5.41) is 4.84. The van der Waals surface area contributed by atoms with E-state index in [9.17, 15) is 0 Å². The van der Waals surface area contributed by atoms with Crippen LogP contribution in [0.2, 0.25) is 0 Å². The van der Waals surface area contributed by atoms with Gasteiger partial charge >= 0.3 is 0 Å². The molecule has 0 amide bonds. The third-order valence-corrected chi connectivity index (χ3v) is 4.19. The van der Waals surface area contributed by atoms with E-state index in [1.807, 2.05) is 0 Å². The van der Waals surface area contributed by atoms with Crippen LogP contribution >= 0.6 is 0 Å². The highest BCUT2D eigenvalue weighted by Crippen LogP contribution is 2.47. The minimum atomic E-state index is 0.0107. The molecule has 0 unspecified atom stereocenters. The Morgan fingerprint density at radius 3 is 2.53 bits per heavy atom. The van der Waals surface area contributed by atoms with Crippen molar-refractivity contribution in [2.75, 3.05) is 5.32 Å². The lowest BCUT2D eigenvalue weighted by atomic mass is 9.75. The number of aromatic amines is 1. The lowest BCUT2D eigenvalue weighted by Gasteiger charge is -2.33. The summed E-state index contributed by atoms with van der Waals surface area (Å²) in [6.45, 7) is 4.59. The molecule has 2 aromatic carbocycles. The minimum Gasteiger partial charge on any atom is -0.341 e. The molecule has 2 nitrogen and oxygen atoms in total. The van der Waals surface area contributed by atoms with E-state index in [1.54, 1.807) is 0 Å². The number of para-hydroxylation sites is 2. The van der Waals surface area contributed by atoms with E-state index >= 15 is 0 Å². The molecule has 1 aliphatic heterocycles. The van der Waals surface area contributed by atoms with Crippen molar-refractivity contribution in [1.29, 1.82) is 0 Å². The second kappa shape index (κ2) is 3.41. The van der Waals surface area contributed by atoms with Crippen LogP contribution in [0.5, 0.6) is 0 Å². The summed E-state index contributed by atoms with van der Waals surface area (Å²) in [6.07, 6.45) is 0. The van der Waals surface area contributed by atoms with Crippen LogP contribution in [0.4, 0.5) is 11.5 Å². The Morgan fingerprint density at radius 1 is 0.895 bits per heavy atom. The monoisotopic (exact) mass is 248 g/mol. The molecule has 1 aromatic heterocycles. The van der Waals surface area contributed by atoms with Gasteiger partial charge in [-0.15, -0.1) is 0 Å². The maximum atomic E-state index is 3.53. The maximum absolute atomic E-state index is 3.53. The molecule has 0 spiro atoms. The van der Waals surface area contributed by atoms with Gasteiger partial charge in [0.25, 0.3) is 0 Å². The number of benzene rings is 2. The number of anilines is 2. The van der Waals surface area contributed by atoms with Crippen molar-refractivity contribution in [1.82, 2.24) is 4.98 Å². The zero-order chi connectivity index (χ0) is 13.0. The van der Waals surface area contributed by atoms with Gasteiger partial charge in [-0.25, -0.2) is 0 Å². The zero-order valence-corrected chi connectivity index (χ0v) is 11.1. The lowest BCUT2D eigenvalue weighted by molar-refractivity contribution is 0.644. The van der Waals surface area contributed by atoms with Gasteiger partial charge in [0.2, 0.25) is 0 Å². The molecule has 0 aliphatic carbocycles. The molecule has 0 atom stereocenters. The first-order valence-electron chi connectivity index (χ1n) is 6.65. The Morgan fingerprint density at radius 2 is 1.63 bits per heavy atom. The number of hydrogen-bond donors (Lipinski definition) is 2. The van der Waals surface area contributed by atoms with Crippen molar-refractivity contribution in [3.8, 4) is 0 Å². The van der Waals surface area contributed by atoms with Crippen LogP contribution in [-0.4, -0.2) is 4.98 Å². The molecule has 19 heavy (non-hydrogen) atoms. The molecule has 2 heteroatoms. The third-order valence-electron chi connectivity index (χ3n) is 4.19. The molecule has 0 saturated carbocycles. The minimum absolute atomic E-state index is 0.0107. The number of rotatable bonds is 0. The van der Waals surface area contributed by atoms with Gasteiger partial charge in [-0.2, -0.15) is 0 Å². The van der Waals surface area contributed by atoms with Crippen molar-refractivity contribution in [2.24, 2.45) is 0 Å². The number of aromatic nitrogens is 1. The van der Waals surface area contributed by atoms with Gasteiger partial charge in [0, 0.05) is 27.6 Å². The lowest BCUT2D eigenvalue weighted by Crippen LogP contribution is -2.25. The fourth-order valence-electron chi connectivity index (χ4n) is 3.29. The van der Waals surface area contributed by atoms with E-state index < -0.39 is 0 Å². The Labute approximate surface area is 112 Å². The predicted molar refractivity (Wildman–Crippen MR) is 80.2 cm³/mol. The van der Waals surface area contributed by atoms with Crippen LogP contribution in [0.25, 0.3) is 10.9 Å². The summed E-state index contributed by atoms with van der Waals surface area (Å²) < 4.78 is 0. The van der Waals surface area contributed by atoms with Gasteiger partial charge in [0.15, 0.2) is 0 Å². The smallest absolute Gasteiger partial charge is 0.112 e. The number of fused-ring (bicyclic) bond motifs is 4.